The van der Waals surface area contributed by atoms with Crippen molar-refractivity contribution in [3.8, 4) is 11.1 Å². The second-order valence-electron chi connectivity index (χ2n) is 11.4. The average molecular weight is 612 g/mol. The predicted molar refractivity (Wildman–Crippen MR) is 195 cm³/mol. The number of rotatable bonds is 4. The Morgan fingerprint density at radius 1 is 0.489 bits per heavy atom. The zero-order chi connectivity index (χ0) is 30.0. The molecule has 45 heavy (non-hydrogen) atoms. The van der Waals surface area contributed by atoms with Crippen molar-refractivity contribution in [3.05, 3.63) is 158 Å². The van der Waals surface area contributed by atoms with Gasteiger partial charge in [-0.05, 0) is 68.8 Å². The molecule has 0 saturated heterocycles. The van der Waals surface area contributed by atoms with Crippen LogP contribution >= 0.6 is 6.04 Å². The van der Waals surface area contributed by atoms with E-state index in [0.29, 0.717) is 0 Å². The van der Waals surface area contributed by atoms with Gasteiger partial charge in [0.15, 0.2) is 0 Å². The van der Waals surface area contributed by atoms with Gasteiger partial charge in [-0.3, -0.25) is 9.38 Å². The van der Waals surface area contributed by atoms with E-state index in [0.717, 1.165) is 54.9 Å². The van der Waals surface area contributed by atoms with E-state index in [2.05, 4.69) is 150 Å². The zero-order valence-electron chi connectivity index (χ0n) is 24.2. The van der Waals surface area contributed by atoms with Crippen molar-refractivity contribution in [2.75, 3.05) is 0 Å². The summed E-state index contributed by atoms with van der Waals surface area (Å²) in [4.78, 5) is 10.1. The Morgan fingerprint density at radius 2 is 1.13 bits per heavy atom. The number of imidazole rings is 1. The summed E-state index contributed by atoms with van der Waals surface area (Å²) < 4.78 is 2.30. The third-order valence-corrected chi connectivity index (χ3v) is 13.8. The minimum absolute atomic E-state index is 0.943. The molecular weight excluding hydrogens is 586 g/mol. The molecule has 0 amide bonds. The summed E-state index contributed by atoms with van der Waals surface area (Å²) in [5, 5.41) is 8.15. The van der Waals surface area contributed by atoms with Gasteiger partial charge in [-0.2, -0.15) is 0 Å². The predicted octanol–water partition coefficient (Wildman–Crippen LogP) is 8.76. The van der Waals surface area contributed by atoms with Gasteiger partial charge in [0.25, 0.3) is 0 Å². The molecule has 0 saturated carbocycles. The summed E-state index contributed by atoms with van der Waals surface area (Å²) in [7, 11) is 0. The molecule has 5 heteroatoms. The number of aromatic nitrogens is 3. The molecule has 3 nitrogen and oxygen atoms in total. The van der Waals surface area contributed by atoms with E-state index in [1.807, 2.05) is 12.3 Å². The Labute approximate surface area is 265 Å². The molecule has 0 N–H and O–H groups in total. The van der Waals surface area contributed by atoms with Gasteiger partial charge in [0.2, 0.25) is 0 Å². The number of benzene rings is 6. The second-order valence-corrected chi connectivity index (χ2v) is 15.8. The highest BCUT2D eigenvalue weighted by molar-refractivity contribution is 8.25. The minimum Gasteiger partial charge on any atom is -0.292 e. The molecule has 0 spiro atoms. The van der Waals surface area contributed by atoms with E-state index in [1.165, 1.54) is 21.4 Å². The van der Waals surface area contributed by atoms with Gasteiger partial charge in [-0.15, -0.1) is 0 Å². The van der Waals surface area contributed by atoms with Gasteiger partial charge in [0.1, 0.15) is 5.65 Å². The van der Waals surface area contributed by atoms with Gasteiger partial charge in [-0.25, -0.2) is 4.98 Å². The normalized spacial score (nSPS) is 12.1. The fourth-order valence-electron chi connectivity index (χ4n) is 6.79. The van der Waals surface area contributed by atoms with Crippen LogP contribution < -0.4 is 15.9 Å². The highest BCUT2D eigenvalue weighted by Gasteiger charge is 2.26. The molecule has 0 aliphatic rings. The van der Waals surface area contributed by atoms with Gasteiger partial charge >= 0.3 is 0 Å². The van der Waals surface area contributed by atoms with E-state index in [1.54, 1.807) is 0 Å². The number of pyridine rings is 2. The van der Waals surface area contributed by atoms with Crippen LogP contribution in [-0.4, -0.2) is 14.4 Å². The Kier molecular flexibility index (Phi) is 5.96. The number of fused-ring (bicyclic) bond motifs is 9. The van der Waals surface area contributed by atoms with Crippen LogP contribution in [0.3, 0.4) is 0 Å². The van der Waals surface area contributed by atoms with Crippen LogP contribution in [0.4, 0.5) is 0 Å². The summed E-state index contributed by atoms with van der Waals surface area (Å²) in [6, 6.07) is 51.3. The molecule has 6 aromatic carbocycles. The Balaban J connectivity index is 1.33. The number of hydrogen-bond acceptors (Lipinski definition) is 3. The maximum Gasteiger partial charge on any atom is 0.146 e. The monoisotopic (exact) mass is 611 g/mol. The number of hydrogen-bond donors (Lipinski definition) is 0. The highest BCUT2D eigenvalue weighted by atomic mass is 32.4. The average Bonchev–Trinajstić information content (AvgIpc) is 3.51. The first-order valence-corrected chi connectivity index (χ1v) is 17.8. The highest BCUT2D eigenvalue weighted by Crippen LogP contribution is 2.45. The Hall–Kier alpha value is -5.15. The first-order chi connectivity index (χ1) is 22.2. The quantitative estimate of drug-likeness (QED) is 0.147. The molecule has 0 fully saturated rings. The summed E-state index contributed by atoms with van der Waals surface area (Å²) in [6.45, 7) is 0. The molecule has 0 radical (unpaired) electrons. The third-order valence-electron chi connectivity index (χ3n) is 8.88. The fraction of sp³-hybridized carbons (Fsp3) is 0. The van der Waals surface area contributed by atoms with Crippen LogP contribution in [0.25, 0.3) is 60.4 Å². The van der Waals surface area contributed by atoms with Crippen molar-refractivity contribution >= 4 is 83.0 Å². The van der Waals surface area contributed by atoms with E-state index >= 15 is 0 Å². The van der Waals surface area contributed by atoms with E-state index in [4.69, 9.17) is 21.8 Å². The topological polar surface area (TPSA) is 30.2 Å². The smallest absolute Gasteiger partial charge is 0.146 e. The SMILES string of the molecule is S=P(c1ccccc1)(c1ccccc1)c1cc(-c2ccc3c(c2)nc2c4ccccc4c4ccccc4n32)c2cccnc2c1. The molecule has 3 aromatic heterocycles. The maximum absolute atomic E-state index is 6.75. The standard InChI is InChI=1S/C40H26N3PS/c45-44(28-12-3-1-4-13-28,29-14-5-2-6-15-29)30-25-35(32-19-11-23-41-36(32)26-30)27-21-22-39-37(24-27)42-40-34-18-8-7-16-31(34)33-17-9-10-20-38(33)43(39)40/h1-26H. The molecule has 0 bridgehead atoms. The summed E-state index contributed by atoms with van der Waals surface area (Å²) in [5.41, 5.74) is 7.34. The molecular formula is C40H26N3PS. The lowest BCUT2D eigenvalue weighted by Crippen LogP contribution is -2.25. The second kappa shape index (κ2) is 10.2. The van der Waals surface area contributed by atoms with Crippen molar-refractivity contribution < 1.29 is 0 Å². The van der Waals surface area contributed by atoms with Gasteiger partial charge < -0.3 is 0 Å². The largest absolute Gasteiger partial charge is 0.292 e. The van der Waals surface area contributed by atoms with E-state index < -0.39 is 6.04 Å². The Morgan fingerprint density at radius 3 is 1.89 bits per heavy atom. The molecule has 9 aromatic rings. The lowest BCUT2D eigenvalue weighted by molar-refractivity contribution is 1.31. The minimum atomic E-state index is -2.38. The van der Waals surface area contributed by atoms with Gasteiger partial charge in [0.05, 0.1) is 22.1 Å². The van der Waals surface area contributed by atoms with Crippen LogP contribution in [0, 0.1) is 0 Å². The molecule has 0 unspecified atom stereocenters. The molecule has 0 aliphatic heterocycles. The first kappa shape index (κ1) is 26.3. The van der Waals surface area contributed by atoms with Crippen LogP contribution in [0.15, 0.2) is 158 Å². The maximum atomic E-state index is 6.75. The summed E-state index contributed by atoms with van der Waals surface area (Å²) in [6.07, 6.45) is 1.87. The van der Waals surface area contributed by atoms with Crippen LogP contribution in [0.1, 0.15) is 0 Å². The lowest BCUT2D eigenvalue weighted by Gasteiger charge is -2.25. The van der Waals surface area contributed by atoms with Crippen molar-refractivity contribution in [2.24, 2.45) is 0 Å². The van der Waals surface area contributed by atoms with Crippen molar-refractivity contribution in [3.63, 3.8) is 0 Å². The van der Waals surface area contributed by atoms with Crippen molar-refractivity contribution in [2.45, 2.75) is 0 Å². The lowest BCUT2D eigenvalue weighted by atomic mass is 10.00. The molecule has 0 aliphatic carbocycles. The molecule has 212 valence electrons. The first-order valence-electron chi connectivity index (χ1n) is 15.0. The van der Waals surface area contributed by atoms with Crippen LogP contribution in [0.5, 0.6) is 0 Å². The van der Waals surface area contributed by atoms with Crippen molar-refractivity contribution in [1.29, 1.82) is 0 Å². The zero-order valence-corrected chi connectivity index (χ0v) is 25.9. The summed E-state index contributed by atoms with van der Waals surface area (Å²) in [5.74, 6) is 0. The fourth-order valence-corrected chi connectivity index (χ4v) is 10.5. The van der Waals surface area contributed by atoms with Gasteiger partial charge in [-0.1, -0.05) is 127 Å². The number of nitrogens with zero attached hydrogens (tertiary/aromatic N) is 3. The Bertz CT molecular complexity index is 2580. The third kappa shape index (κ3) is 4.00. The van der Waals surface area contributed by atoms with Crippen LogP contribution in [0.2, 0.25) is 0 Å². The van der Waals surface area contributed by atoms with E-state index in [9.17, 15) is 0 Å². The molecule has 9 rings (SSSR count). The summed E-state index contributed by atoms with van der Waals surface area (Å²) >= 11 is 6.75. The molecule has 0 atom stereocenters. The molecule has 3 heterocycles. The van der Waals surface area contributed by atoms with Crippen LogP contribution in [-0.2, 0) is 11.8 Å². The number of para-hydroxylation sites is 1. The van der Waals surface area contributed by atoms with Crippen molar-refractivity contribution in [1.82, 2.24) is 14.4 Å². The van der Waals surface area contributed by atoms with E-state index in [-0.39, 0.29) is 0 Å². The van der Waals surface area contributed by atoms with Gasteiger partial charge in [0, 0.05) is 28.4 Å².